The van der Waals surface area contributed by atoms with E-state index in [0.29, 0.717) is 17.2 Å². The predicted octanol–water partition coefficient (Wildman–Crippen LogP) is 4.56. The van der Waals surface area contributed by atoms with Crippen LogP contribution in [0.25, 0.3) is 10.8 Å². The Labute approximate surface area is 204 Å². The molecule has 7 nitrogen and oxygen atoms in total. The van der Waals surface area contributed by atoms with Gasteiger partial charge in [0, 0.05) is 16.0 Å². The van der Waals surface area contributed by atoms with Crippen molar-refractivity contribution in [3.63, 3.8) is 0 Å². The molecule has 8 heteroatoms. The van der Waals surface area contributed by atoms with Crippen LogP contribution in [0.4, 0.5) is 0 Å². The SMILES string of the molecule is COc1ccc(/C=N\NC(=O)[C@@H](CC(C)C)NC(=O)COc2ccc(Cl)cc2)c2ccccc12. The van der Waals surface area contributed by atoms with Gasteiger partial charge >= 0.3 is 0 Å². The number of hydrogen-bond donors (Lipinski definition) is 2. The Balaban J connectivity index is 1.63. The largest absolute Gasteiger partial charge is 0.496 e. The second kappa shape index (κ2) is 12.0. The van der Waals surface area contributed by atoms with E-state index in [1.807, 2.05) is 50.2 Å². The van der Waals surface area contributed by atoms with Gasteiger partial charge in [0.2, 0.25) is 0 Å². The van der Waals surface area contributed by atoms with Crippen molar-refractivity contribution < 1.29 is 19.1 Å². The highest BCUT2D eigenvalue weighted by atomic mass is 35.5. The molecule has 1 atom stereocenters. The van der Waals surface area contributed by atoms with E-state index >= 15 is 0 Å². The van der Waals surface area contributed by atoms with Crippen LogP contribution < -0.4 is 20.2 Å². The molecule has 3 aromatic rings. The number of halogens is 1. The molecule has 2 amide bonds. The molecule has 0 aliphatic rings. The van der Waals surface area contributed by atoms with E-state index < -0.39 is 17.9 Å². The molecule has 178 valence electrons. The van der Waals surface area contributed by atoms with Crippen LogP contribution in [0.2, 0.25) is 5.02 Å². The Morgan fingerprint density at radius 2 is 1.74 bits per heavy atom. The molecule has 3 rings (SSSR count). The van der Waals surface area contributed by atoms with E-state index in [2.05, 4.69) is 15.8 Å². The molecule has 0 radical (unpaired) electrons. The topological polar surface area (TPSA) is 89.0 Å². The zero-order chi connectivity index (χ0) is 24.5. The Bertz CT molecular complexity index is 1160. The highest BCUT2D eigenvalue weighted by Crippen LogP contribution is 2.27. The molecule has 3 aromatic carbocycles. The second-order valence-corrected chi connectivity index (χ2v) is 8.57. The number of nitrogens with zero attached hydrogens (tertiary/aromatic N) is 1. The van der Waals surface area contributed by atoms with Crippen molar-refractivity contribution in [2.75, 3.05) is 13.7 Å². The van der Waals surface area contributed by atoms with Crippen LogP contribution in [0.3, 0.4) is 0 Å². The summed E-state index contributed by atoms with van der Waals surface area (Å²) in [5.41, 5.74) is 3.38. The van der Waals surface area contributed by atoms with Crippen LogP contribution in [0.15, 0.2) is 65.8 Å². The number of fused-ring (bicyclic) bond motifs is 1. The van der Waals surface area contributed by atoms with Crippen LogP contribution in [-0.2, 0) is 9.59 Å². The summed E-state index contributed by atoms with van der Waals surface area (Å²) in [6, 6.07) is 17.5. The number of hydrazone groups is 1. The van der Waals surface area contributed by atoms with E-state index in [9.17, 15) is 9.59 Å². The molecule has 2 N–H and O–H groups in total. The van der Waals surface area contributed by atoms with Gasteiger partial charge in [0.15, 0.2) is 6.61 Å². The monoisotopic (exact) mass is 481 g/mol. The van der Waals surface area contributed by atoms with Crippen LogP contribution in [-0.4, -0.2) is 37.8 Å². The van der Waals surface area contributed by atoms with Crippen LogP contribution in [0, 0.1) is 5.92 Å². The van der Waals surface area contributed by atoms with E-state index in [1.165, 1.54) is 0 Å². The van der Waals surface area contributed by atoms with Gasteiger partial charge in [-0.05, 0) is 54.1 Å². The maximum absolute atomic E-state index is 12.8. The number of benzene rings is 3. The standard InChI is InChI=1S/C26H28ClN3O4/c1-17(2)14-23(29-25(31)16-34-20-11-9-19(27)10-12-20)26(32)30-28-15-18-8-13-24(33-3)22-7-5-4-6-21(18)22/h4-13,15,17,23H,14,16H2,1-3H3,(H,29,31)(H,30,32)/b28-15-/t23-/m1/s1. The molecule has 0 aliphatic heterocycles. The molecule has 0 aliphatic carbocycles. The lowest BCUT2D eigenvalue weighted by Gasteiger charge is -2.19. The summed E-state index contributed by atoms with van der Waals surface area (Å²) in [7, 11) is 1.62. The van der Waals surface area contributed by atoms with Crippen molar-refractivity contribution in [1.82, 2.24) is 10.7 Å². The average molecular weight is 482 g/mol. The first kappa shape index (κ1) is 25.1. The highest BCUT2D eigenvalue weighted by Gasteiger charge is 2.22. The number of methoxy groups -OCH3 is 1. The molecule has 0 aromatic heterocycles. The fraction of sp³-hybridized carbons (Fsp3) is 0.269. The number of ether oxygens (including phenoxy) is 2. The minimum Gasteiger partial charge on any atom is -0.496 e. The number of nitrogens with one attached hydrogen (secondary N) is 2. The fourth-order valence-corrected chi connectivity index (χ4v) is 3.57. The van der Waals surface area contributed by atoms with Gasteiger partial charge in [0.1, 0.15) is 17.5 Å². The summed E-state index contributed by atoms with van der Waals surface area (Å²) in [5, 5.41) is 9.33. The van der Waals surface area contributed by atoms with Gasteiger partial charge < -0.3 is 14.8 Å². The number of carbonyl (C=O) groups is 2. The normalized spacial score (nSPS) is 12.0. The number of amides is 2. The number of carbonyl (C=O) groups excluding carboxylic acids is 2. The molecular formula is C26H28ClN3O4. The predicted molar refractivity (Wildman–Crippen MR) is 135 cm³/mol. The zero-order valence-corrected chi connectivity index (χ0v) is 20.1. The van der Waals surface area contributed by atoms with Gasteiger partial charge in [0.05, 0.1) is 13.3 Å². The highest BCUT2D eigenvalue weighted by molar-refractivity contribution is 6.30. The van der Waals surface area contributed by atoms with Crippen LogP contribution in [0.5, 0.6) is 11.5 Å². The third-order valence-corrected chi connectivity index (χ3v) is 5.31. The molecule has 0 fully saturated rings. The van der Waals surface area contributed by atoms with Crippen LogP contribution >= 0.6 is 11.6 Å². The minimum atomic E-state index is -0.744. The van der Waals surface area contributed by atoms with E-state index in [4.69, 9.17) is 21.1 Å². The van der Waals surface area contributed by atoms with Crippen molar-refractivity contribution in [1.29, 1.82) is 0 Å². The Morgan fingerprint density at radius 3 is 2.41 bits per heavy atom. The Morgan fingerprint density at radius 1 is 1.03 bits per heavy atom. The smallest absolute Gasteiger partial charge is 0.262 e. The van der Waals surface area contributed by atoms with Gasteiger partial charge in [-0.15, -0.1) is 0 Å². The maximum atomic E-state index is 12.8. The van der Waals surface area contributed by atoms with Gasteiger partial charge in [-0.3, -0.25) is 9.59 Å². The molecule has 34 heavy (non-hydrogen) atoms. The average Bonchev–Trinajstić information content (AvgIpc) is 2.83. The van der Waals surface area contributed by atoms with Gasteiger partial charge in [-0.2, -0.15) is 5.10 Å². The van der Waals surface area contributed by atoms with Gasteiger partial charge in [0.25, 0.3) is 11.8 Å². The molecule has 0 heterocycles. The summed E-state index contributed by atoms with van der Waals surface area (Å²) in [5.74, 6) is 0.657. The first-order chi connectivity index (χ1) is 16.4. The number of rotatable bonds is 10. The lowest BCUT2D eigenvalue weighted by Crippen LogP contribution is -2.47. The quantitative estimate of drug-likeness (QED) is 0.328. The summed E-state index contributed by atoms with van der Waals surface area (Å²) in [6.45, 7) is 3.73. The molecule has 0 unspecified atom stereocenters. The Kier molecular flexibility index (Phi) is 8.87. The van der Waals surface area contributed by atoms with Crippen molar-refractivity contribution in [3.05, 3.63) is 71.2 Å². The van der Waals surface area contributed by atoms with Crippen molar-refractivity contribution in [2.45, 2.75) is 26.3 Å². The molecular weight excluding hydrogens is 454 g/mol. The third-order valence-electron chi connectivity index (χ3n) is 5.06. The maximum Gasteiger partial charge on any atom is 0.262 e. The molecule has 0 saturated carbocycles. The second-order valence-electron chi connectivity index (χ2n) is 8.13. The Hall–Kier alpha value is -3.58. The zero-order valence-electron chi connectivity index (χ0n) is 19.4. The summed E-state index contributed by atoms with van der Waals surface area (Å²) >= 11 is 5.85. The van der Waals surface area contributed by atoms with E-state index in [0.717, 1.165) is 22.1 Å². The molecule has 0 spiro atoms. The van der Waals surface area contributed by atoms with E-state index in [-0.39, 0.29) is 12.5 Å². The van der Waals surface area contributed by atoms with Crippen LogP contribution in [0.1, 0.15) is 25.8 Å². The first-order valence-corrected chi connectivity index (χ1v) is 11.3. The lowest BCUT2D eigenvalue weighted by atomic mass is 10.0. The fourth-order valence-electron chi connectivity index (χ4n) is 3.45. The summed E-state index contributed by atoms with van der Waals surface area (Å²) in [6.07, 6.45) is 2.04. The molecule has 0 saturated heterocycles. The van der Waals surface area contributed by atoms with Crippen molar-refractivity contribution in [3.8, 4) is 11.5 Å². The van der Waals surface area contributed by atoms with Crippen molar-refractivity contribution in [2.24, 2.45) is 11.0 Å². The lowest BCUT2D eigenvalue weighted by molar-refractivity contribution is -0.130. The minimum absolute atomic E-state index is 0.183. The van der Waals surface area contributed by atoms with Gasteiger partial charge in [-0.1, -0.05) is 49.7 Å². The summed E-state index contributed by atoms with van der Waals surface area (Å²) in [4.78, 5) is 25.2. The number of hydrogen-bond acceptors (Lipinski definition) is 5. The van der Waals surface area contributed by atoms with Gasteiger partial charge in [-0.25, -0.2) is 5.43 Å². The first-order valence-electron chi connectivity index (χ1n) is 10.9. The molecule has 0 bridgehead atoms. The summed E-state index contributed by atoms with van der Waals surface area (Å²) < 4.78 is 10.9. The third kappa shape index (κ3) is 6.96. The van der Waals surface area contributed by atoms with Crippen molar-refractivity contribution >= 4 is 40.4 Å². The van der Waals surface area contributed by atoms with E-state index in [1.54, 1.807) is 37.6 Å².